The number of carbonyl (C=O) groups excluding carboxylic acids is 1. The van der Waals surface area contributed by atoms with Crippen LogP contribution in [0.4, 0.5) is 0 Å². The lowest BCUT2D eigenvalue weighted by molar-refractivity contribution is -0.134. The van der Waals surface area contributed by atoms with Crippen LogP contribution in [0.5, 0.6) is 11.5 Å². The summed E-state index contributed by atoms with van der Waals surface area (Å²) in [4.78, 5) is 16.9. The van der Waals surface area contributed by atoms with E-state index in [9.17, 15) is 4.79 Å². The van der Waals surface area contributed by atoms with E-state index in [1.54, 1.807) is 7.11 Å². The molecule has 26 heavy (non-hydrogen) atoms. The molecule has 2 saturated heterocycles. The summed E-state index contributed by atoms with van der Waals surface area (Å²) in [5.74, 6) is 1.94. The molecule has 1 atom stereocenters. The highest BCUT2D eigenvalue weighted by Gasteiger charge is 2.26. The van der Waals surface area contributed by atoms with Gasteiger partial charge in [0.05, 0.1) is 20.3 Å². The van der Waals surface area contributed by atoms with E-state index in [1.165, 1.54) is 0 Å². The highest BCUT2D eigenvalue weighted by molar-refractivity contribution is 5.76. The average molecular weight is 362 g/mol. The first-order valence-corrected chi connectivity index (χ1v) is 9.56. The molecule has 0 N–H and O–H groups in total. The van der Waals surface area contributed by atoms with Crippen molar-refractivity contribution in [1.29, 1.82) is 0 Å². The third-order valence-electron chi connectivity index (χ3n) is 5.30. The molecule has 0 saturated carbocycles. The molecule has 0 unspecified atom stereocenters. The van der Waals surface area contributed by atoms with Crippen LogP contribution < -0.4 is 9.47 Å². The van der Waals surface area contributed by atoms with E-state index in [-0.39, 0.29) is 18.1 Å². The second-order valence-corrected chi connectivity index (χ2v) is 7.08. The number of likely N-dealkylation sites (tertiary alicyclic amines) is 1. The normalized spacial score (nSPS) is 20.6. The molecule has 2 aliphatic heterocycles. The molecule has 2 heterocycles. The predicted octanol–water partition coefficient (Wildman–Crippen LogP) is 2.18. The lowest BCUT2D eigenvalue weighted by Crippen LogP contribution is -2.47. The highest BCUT2D eigenvalue weighted by atomic mass is 16.5. The Morgan fingerprint density at radius 3 is 2.35 bits per heavy atom. The molecular weight excluding hydrogens is 332 g/mol. The van der Waals surface area contributed by atoms with Gasteiger partial charge in [0, 0.05) is 51.5 Å². The van der Waals surface area contributed by atoms with Gasteiger partial charge in [-0.2, -0.15) is 0 Å². The summed E-state index contributed by atoms with van der Waals surface area (Å²) in [5, 5.41) is 0. The van der Waals surface area contributed by atoms with Crippen LogP contribution in [0.15, 0.2) is 24.3 Å². The summed E-state index contributed by atoms with van der Waals surface area (Å²) in [6, 6.07) is 7.95. The lowest BCUT2D eigenvalue weighted by atomic mass is 10.1. The lowest BCUT2D eigenvalue weighted by Gasteiger charge is -2.35. The molecule has 3 rings (SSSR count). The summed E-state index contributed by atoms with van der Waals surface area (Å²) in [5.41, 5.74) is 0. The molecular formula is C20H30N2O4. The second-order valence-electron chi connectivity index (χ2n) is 7.08. The molecule has 0 aliphatic carbocycles. The topological polar surface area (TPSA) is 51.2 Å². The van der Waals surface area contributed by atoms with Crippen molar-refractivity contribution >= 4 is 5.91 Å². The zero-order valence-corrected chi connectivity index (χ0v) is 15.9. The van der Waals surface area contributed by atoms with Crippen LogP contribution in [0, 0.1) is 0 Å². The maximum absolute atomic E-state index is 12.6. The minimum absolute atomic E-state index is 0.170. The summed E-state index contributed by atoms with van der Waals surface area (Å²) < 4.78 is 16.6. The van der Waals surface area contributed by atoms with Crippen LogP contribution in [0.2, 0.25) is 0 Å². The van der Waals surface area contributed by atoms with Crippen molar-refractivity contribution in [1.82, 2.24) is 9.80 Å². The van der Waals surface area contributed by atoms with Crippen molar-refractivity contribution in [2.75, 3.05) is 46.5 Å². The van der Waals surface area contributed by atoms with Gasteiger partial charge in [-0.15, -0.1) is 0 Å². The Morgan fingerprint density at radius 2 is 1.73 bits per heavy atom. The van der Waals surface area contributed by atoms with Gasteiger partial charge >= 0.3 is 0 Å². The molecule has 1 aromatic rings. The Labute approximate surface area is 156 Å². The largest absolute Gasteiger partial charge is 0.497 e. The van der Waals surface area contributed by atoms with Gasteiger partial charge in [-0.25, -0.2) is 0 Å². The highest BCUT2D eigenvalue weighted by Crippen LogP contribution is 2.22. The number of nitrogens with zero attached hydrogens (tertiary/aromatic N) is 2. The van der Waals surface area contributed by atoms with E-state index in [4.69, 9.17) is 14.2 Å². The van der Waals surface area contributed by atoms with Crippen molar-refractivity contribution in [3.63, 3.8) is 0 Å². The van der Waals surface area contributed by atoms with Crippen molar-refractivity contribution in [2.45, 2.75) is 38.3 Å². The zero-order chi connectivity index (χ0) is 18.4. The molecule has 2 fully saturated rings. The Kier molecular flexibility index (Phi) is 6.74. The number of morpholine rings is 1. The van der Waals surface area contributed by atoms with E-state index in [1.807, 2.05) is 29.2 Å². The van der Waals surface area contributed by atoms with Crippen LogP contribution in [-0.4, -0.2) is 74.4 Å². The zero-order valence-electron chi connectivity index (χ0n) is 15.9. The first kappa shape index (κ1) is 19.0. The molecule has 6 heteroatoms. The third kappa shape index (κ3) is 5.11. The molecule has 1 aromatic carbocycles. The van der Waals surface area contributed by atoms with Gasteiger partial charge in [0.2, 0.25) is 5.91 Å². The van der Waals surface area contributed by atoms with Crippen molar-refractivity contribution in [2.24, 2.45) is 0 Å². The molecule has 1 amide bonds. The molecule has 0 aromatic heterocycles. The van der Waals surface area contributed by atoms with Gasteiger partial charge in [-0.1, -0.05) is 0 Å². The number of piperidine rings is 1. The maximum atomic E-state index is 12.6. The first-order chi connectivity index (χ1) is 12.7. The SMILES string of the molecule is COc1ccc(OC2CCN(C(=O)C[C@H](C)N3CCOCC3)CC2)cc1. The summed E-state index contributed by atoms with van der Waals surface area (Å²) in [6.45, 7) is 7.07. The van der Waals surface area contributed by atoms with Gasteiger partial charge in [-0.05, 0) is 31.2 Å². The van der Waals surface area contributed by atoms with E-state index < -0.39 is 0 Å². The predicted molar refractivity (Wildman–Crippen MR) is 99.7 cm³/mol. The number of benzene rings is 1. The van der Waals surface area contributed by atoms with Crippen molar-refractivity contribution < 1.29 is 19.0 Å². The van der Waals surface area contributed by atoms with Crippen LogP contribution >= 0.6 is 0 Å². The maximum Gasteiger partial charge on any atom is 0.224 e. The van der Waals surface area contributed by atoms with E-state index in [0.717, 1.165) is 63.7 Å². The first-order valence-electron chi connectivity index (χ1n) is 9.56. The van der Waals surface area contributed by atoms with Crippen molar-refractivity contribution in [3.05, 3.63) is 24.3 Å². The summed E-state index contributed by atoms with van der Waals surface area (Å²) >= 11 is 0. The second kappa shape index (κ2) is 9.24. The monoisotopic (exact) mass is 362 g/mol. The minimum Gasteiger partial charge on any atom is -0.497 e. The Hall–Kier alpha value is -1.79. The number of ether oxygens (including phenoxy) is 3. The number of hydrogen-bond donors (Lipinski definition) is 0. The minimum atomic E-state index is 0.170. The Morgan fingerprint density at radius 1 is 1.12 bits per heavy atom. The smallest absolute Gasteiger partial charge is 0.224 e. The molecule has 144 valence electrons. The number of rotatable bonds is 6. The van der Waals surface area contributed by atoms with Crippen LogP contribution in [0.3, 0.4) is 0 Å². The van der Waals surface area contributed by atoms with E-state index >= 15 is 0 Å². The summed E-state index contributed by atoms with van der Waals surface area (Å²) in [6.07, 6.45) is 2.52. The standard InChI is InChI=1S/C20H30N2O4/c1-16(21-11-13-25-14-12-21)15-20(23)22-9-7-19(8-10-22)26-18-5-3-17(24-2)4-6-18/h3-6,16,19H,7-15H2,1-2H3/t16-/m0/s1. The molecule has 6 nitrogen and oxygen atoms in total. The third-order valence-corrected chi connectivity index (χ3v) is 5.30. The summed E-state index contributed by atoms with van der Waals surface area (Å²) in [7, 11) is 1.66. The quantitative estimate of drug-likeness (QED) is 0.776. The van der Waals surface area contributed by atoms with Crippen LogP contribution in [-0.2, 0) is 9.53 Å². The Bertz CT molecular complexity index is 564. The number of carbonyl (C=O) groups is 1. The van der Waals surface area contributed by atoms with Gasteiger partial charge < -0.3 is 19.1 Å². The van der Waals surface area contributed by atoms with Crippen LogP contribution in [0.1, 0.15) is 26.2 Å². The van der Waals surface area contributed by atoms with Crippen molar-refractivity contribution in [3.8, 4) is 11.5 Å². The fraction of sp³-hybridized carbons (Fsp3) is 0.650. The molecule has 0 spiro atoms. The Balaban J connectivity index is 1.41. The molecule has 0 radical (unpaired) electrons. The molecule has 0 bridgehead atoms. The van der Waals surface area contributed by atoms with E-state index in [2.05, 4.69) is 11.8 Å². The van der Waals surface area contributed by atoms with Crippen LogP contribution in [0.25, 0.3) is 0 Å². The number of amides is 1. The van der Waals surface area contributed by atoms with Gasteiger partial charge in [-0.3, -0.25) is 9.69 Å². The van der Waals surface area contributed by atoms with Gasteiger partial charge in [0.25, 0.3) is 0 Å². The van der Waals surface area contributed by atoms with E-state index in [0.29, 0.717) is 6.42 Å². The number of methoxy groups -OCH3 is 1. The van der Waals surface area contributed by atoms with Gasteiger partial charge in [0.15, 0.2) is 0 Å². The molecule has 2 aliphatic rings. The number of hydrogen-bond acceptors (Lipinski definition) is 5. The van der Waals surface area contributed by atoms with Gasteiger partial charge in [0.1, 0.15) is 17.6 Å². The average Bonchev–Trinajstić information content (AvgIpc) is 2.69. The fourth-order valence-corrected chi connectivity index (χ4v) is 3.60. The fourth-order valence-electron chi connectivity index (χ4n) is 3.60.